The first kappa shape index (κ1) is 55.6. The Balaban J connectivity index is 4.37. The molecule has 338 valence electrons. The number of allylic oxidation sites excluding steroid dienone is 2. The summed E-state index contributed by atoms with van der Waals surface area (Å²) in [6.07, 6.45) is 50.0. The van der Waals surface area contributed by atoms with E-state index in [4.69, 9.17) is 4.74 Å². The van der Waals surface area contributed by atoms with Crippen molar-refractivity contribution in [3.05, 3.63) is 12.2 Å². The summed E-state index contributed by atoms with van der Waals surface area (Å²) in [5.74, 6) is -0.478. The minimum absolute atomic E-state index is 0.0726. The molecule has 3 unspecified atom stereocenters. The molecule has 0 aromatic heterocycles. The van der Waals surface area contributed by atoms with Crippen molar-refractivity contribution in [1.82, 2.24) is 5.32 Å². The Hall–Kier alpha value is -1.40. The highest BCUT2D eigenvalue weighted by Crippen LogP contribution is 2.18. The number of nitrogens with one attached hydrogen (secondary N) is 1. The third-order valence-electron chi connectivity index (χ3n) is 11.8. The van der Waals surface area contributed by atoms with E-state index in [0.29, 0.717) is 19.3 Å². The zero-order valence-electron chi connectivity index (χ0n) is 38.5. The molecule has 0 aliphatic carbocycles. The van der Waals surface area contributed by atoms with Crippen LogP contribution in [0.5, 0.6) is 0 Å². The van der Waals surface area contributed by atoms with Gasteiger partial charge in [-0.15, -0.1) is 0 Å². The number of aliphatic hydroxyl groups excluding tert-OH is 2. The second-order valence-corrected chi connectivity index (χ2v) is 17.6. The van der Waals surface area contributed by atoms with Gasteiger partial charge in [0.25, 0.3) is 0 Å². The minimum Gasteiger partial charge on any atom is -0.462 e. The van der Waals surface area contributed by atoms with Crippen LogP contribution in [0.2, 0.25) is 0 Å². The fourth-order valence-corrected chi connectivity index (χ4v) is 7.96. The molecular formula is C51H99NO5. The lowest BCUT2D eigenvalue weighted by atomic mass is 10.0. The number of aliphatic hydroxyl groups is 2. The van der Waals surface area contributed by atoms with Gasteiger partial charge in [0.2, 0.25) is 5.91 Å². The van der Waals surface area contributed by atoms with Crippen molar-refractivity contribution < 1.29 is 24.5 Å². The van der Waals surface area contributed by atoms with Crippen LogP contribution in [0.1, 0.15) is 278 Å². The molecule has 0 aromatic carbocycles. The molecule has 3 N–H and O–H groups in total. The molecule has 3 atom stereocenters. The summed E-state index contributed by atoms with van der Waals surface area (Å²) in [6, 6.07) is -0.698. The highest BCUT2D eigenvalue weighted by molar-refractivity contribution is 5.77. The number of ether oxygens (including phenoxy) is 1. The van der Waals surface area contributed by atoms with E-state index in [1.165, 1.54) is 167 Å². The second kappa shape index (κ2) is 45.7. The van der Waals surface area contributed by atoms with Crippen molar-refractivity contribution in [3.63, 3.8) is 0 Å². The van der Waals surface area contributed by atoms with Gasteiger partial charge in [-0.1, -0.05) is 232 Å². The summed E-state index contributed by atoms with van der Waals surface area (Å²) in [6.45, 7) is 6.43. The van der Waals surface area contributed by atoms with Crippen LogP contribution in [-0.2, 0) is 14.3 Å². The Labute approximate surface area is 355 Å². The summed E-state index contributed by atoms with van der Waals surface area (Å²) >= 11 is 0. The van der Waals surface area contributed by atoms with E-state index in [9.17, 15) is 19.8 Å². The molecule has 6 nitrogen and oxygen atoms in total. The van der Waals surface area contributed by atoms with Crippen LogP contribution < -0.4 is 5.32 Å². The van der Waals surface area contributed by atoms with Gasteiger partial charge in [-0.2, -0.15) is 0 Å². The van der Waals surface area contributed by atoms with Crippen molar-refractivity contribution in [2.24, 2.45) is 0 Å². The summed E-state index contributed by atoms with van der Waals surface area (Å²) in [5.41, 5.74) is 0. The Bertz CT molecular complexity index is 863. The Morgan fingerprint density at radius 3 is 1.32 bits per heavy atom. The van der Waals surface area contributed by atoms with Crippen LogP contribution in [-0.4, -0.2) is 46.9 Å². The predicted octanol–water partition coefficient (Wildman–Crippen LogP) is 15.0. The fraction of sp³-hybridized carbons (Fsp3) is 0.922. The molecule has 0 aromatic rings. The molecule has 6 heteroatoms. The standard InChI is InChI=1S/C51H99NO5/c1-4-7-10-13-16-19-21-23-25-26-27-29-31-34-37-40-43-49(54)48(46-53)52-50(55)45-47(42-39-36-33-18-15-12-9-6-3)57-51(56)44-41-38-35-32-30-28-24-22-20-17-14-11-8-5-2/h12,15,47-49,53-54H,4-11,13-14,16-46H2,1-3H3,(H,52,55)/b15-12-. The predicted molar refractivity (Wildman–Crippen MR) is 246 cm³/mol. The first-order valence-electron chi connectivity index (χ1n) is 25.4. The molecule has 57 heavy (non-hydrogen) atoms. The van der Waals surface area contributed by atoms with E-state index in [2.05, 4.69) is 38.2 Å². The summed E-state index contributed by atoms with van der Waals surface area (Å²) in [4.78, 5) is 26.0. The van der Waals surface area contributed by atoms with Gasteiger partial charge in [-0.05, 0) is 44.9 Å². The van der Waals surface area contributed by atoms with Crippen LogP contribution >= 0.6 is 0 Å². The monoisotopic (exact) mass is 806 g/mol. The van der Waals surface area contributed by atoms with Gasteiger partial charge in [-0.25, -0.2) is 0 Å². The molecule has 0 aliphatic heterocycles. The molecule has 0 bridgehead atoms. The third kappa shape index (κ3) is 41.1. The lowest BCUT2D eigenvalue weighted by molar-refractivity contribution is -0.151. The SMILES string of the molecule is CCC/C=C\CCCCCC(CC(=O)NC(CO)C(O)CCCCCCCCCCCCCCCCCC)OC(=O)CCCCCCCCCCCCCCCC. The quantitative estimate of drug-likeness (QED) is 0.0323. The van der Waals surface area contributed by atoms with E-state index in [0.717, 1.165) is 64.2 Å². The van der Waals surface area contributed by atoms with Gasteiger partial charge in [-0.3, -0.25) is 9.59 Å². The average Bonchev–Trinajstić information content (AvgIpc) is 3.20. The van der Waals surface area contributed by atoms with Gasteiger partial charge < -0.3 is 20.3 Å². The zero-order valence-corrected chi connectivity index (χ0v) is 38.5. The highest BCUT2D eigenvalue weighted by atomic mass is 16.5. The normalized spacial score (nSPS) is 13.3. The molecule has 0 radical (unpaired) electrons. The third-order valence-corrected chi connectivity index (χ3v) is 11.8. The molecule has 1 amide bonds. The molecule has 0 heterocycles. The van der Waals surface area contributed by atoms with Crippen molar-refractivity contribution in [3.8, 4) is 0 Å². The van der Waals surface area contributed by atoms with Crippen molar-refractivity contribution in [1.29, 1.82) is 0 Å². The number of esters is 1. The van der Waals surface area contributed by atoms with Crippen LogP contribution in [0.4, 0.5) is 0 Å². The van der Waals surface area contributed by atoms with Crippen LogP contribution in [0.15, 0.2) is 12.2 Å². The Kier molecular flexibility index (Phi) is 44.6. The molecular weight excluding hydrogens is 707 g/mol. The second-order valence-electron chi connectivity index (χ2n) is 17.6. The van der Waals surface area contributed by atoms with Gasteiger partial charge in [0.05, 0.1) is 25.2 Å². The van der Waals surface area contributed by atoms with E-state index >= 15 is 0 Å². The van der Waals surface area contributed by atoms with E-state index < -0.39 is 18.2 Å². The lowest BCUT2D eigenvalue weighted by Crippen LogP contribution is -2.46. The topological polar surface area (TPSA) is 95.9 Å². The van der Waals surface area contributed by atoms with Crippen molar-refractivity contribution >= 4 is 11.9 Å². The van der Waals surface area contributed by atoms with Gasteiger partial charge >= 0.3 is 5.97 Å². The molecule has 0 saturated carbocycles. The van der Waals surface area contributed by atoms with Crippen molar-refractivity contribution in [2.45, 2.75) is 296 Å². The number of amides is 1. The Morgan fingerprint density at radius 1 is 0.491 bits per heavy atom. The van der Waals surface area contributed by atoms with Gasteiger partial charge in [0, 0.05) is 6.42 Å². The summed E-state index contributed by atoms with van der Waals surface area (Å²) in [5, 5.41) is 23.7. The maximum Gasteiger partial charge on any atom is 0.306 e. The molecule has 0 spiro atoms. The summed E-state index contributed by atoms with van der Waals surface area (Å²) in [7, 11) is 0. The average molecular weight is 806 g/mol. The number of unbranched alkanes of at least 4 members (excludes halogenated alkanes) is 32. The number of carbonyl (C=O) groups is 2. The van der Waals surface area contributed by atoms with E-state index in [-0.39, 0.29) is 24.9 Å². The largest absolute Gasteiger partial charge is 0.462 e. The first-order valence-corrected chi connectivity index (χ1v) is 25.4. The zero-order chi connectivity index (χ0) is 41.7. The molecule has 0 rings (SSSR count). The summed E-state index contributed by atoms with van der Waals surface area (Å²) < 4.78 is 5.89. The minimum atomic E-state index is -0.785. The van der Waals surface area contributed by atoms with Crippen LogP contribution in [0, 0.1) is 0 Å². The fourth-order valence-electron chi connectivity index (χ4n) is 7.96. The maximum atomic E-state index is 13.1. The molecule has 0 fully saturated rings. The molecule has 0 aliphatic rings. The number of hydrogen-bond donors (Lipinski definition) is 3. The smallest absolute Gasteiger partial charge is 0.306 e. The number of carbonyl (C=O) groups excluding carboxylic acids is 2. The number of rotatable bonds is 46. The van der Waals surface area contributed by atoms with E-state index in [1.807, 2.05) is 0 Å². The Morgan fingerprint density at radius 2 is 0.877 bits per heavy atom. The molecule has 0 saturated heterocycles. The highest BCUT2D eigenvalue weighted by Gasteiger charge is 2.24. The van der Waals surface area contributed by atoms with E-state index in [1.54, 1.807) is 0 Å². The first-order chi connectivity index (χ1) is 28.0. The number of hydrogen-bond acceptors (Lipinski definition) is 5. The van der Waals surface area contributed by atoms with Gasteiger partial charge in [0.1, 0.15) is 6.10 Å². The van der Waals surface area contributed by atoms with Gasteiger partial charge in [0.15, 0.2) is 0 Å². The van der Waals surface area contributed by atoms with Crippen LogP contribution in [0.25, 0.3) is 0 Å². The maximum absolute atomic E-state index is 13.1. The lowest BCUT2D eigenvalue weighted by Gasteiger charge is -2.24. The van der Waals surface area contributed by atoms with Crippen LogP contribution in [0.3, 0.4) is 0 Å². The van der Waals surface area contributed by atoms with Crippen molar-refractivity contribution in [2.75, 3.05) is 6.61 Å².